The van der Waals surface area contributed by atoms with Crippen LogP contribution in [-0.2, 0) is 6.54 Å². The number of likely N-dealkylation sites (tertiary alicyclic amines) is 1. The first kappa shape index (κ1) is 19.5. The van der Waals surface area contributed by atoms with Gasteiger partial charge in [-0.1, -0.05) is 18.2 Å². The van der Waals surface area contributed by atoms with E-state index in [0.29, 0.717) is 43.3 Å². The molecule has 2 aliphatic heterocycles. The quantitative estimate of drug-likeness (QED) is 0.792. The molecular formula is C22H27N5O2. The van der Waals surface area contributed by atoms with Crippen LogP contribution >= 0.6 is 0 Å². The largest absolute Gasteiger partial charge is 0.347 e. The van der Waals surface area contributed by atoms with Gasteiger partial charge >= 0.3 is 0 Å². The number of amides is 1. The van der Waals surface area contributed by atoms with Crippen LogP contribution in [0.3, 0.4) is 0 Å². The number of hydrogen-bond acceptors (Lipinski definition) is 6. The summed E-state index contributed by atoms with van der Waals surface area (Å²) < 4.78 is 0. The predicted molar refractivity (Wildman–Crippen MR) is 111 cm³/mol. The molecule has 1 saturated heterocycles. The van der Waals surface area contributed by atoms with Crippen molar-refractivity contribution in [1.82, 2.24) is 19.8 Å². The maximum Gasteiger partial charge on any atom is 0.254 e. The van der Waals surface area contributed by atoms with E-state index in [-0.39, 0.29) is 17.7 Å². The van der Waals surface area contributed by atoms with Crippen LogP contribution in [-0.4, -0.2) is 71.2 Å². The summed E-state index contributed by atoms with van der Waals surface area (Å²) in [5, 5.41) is 0. The van der Waals surface area contributed by atoms with Gasteiger partial charge < -0.3 is 9.80 Å². The molecule has 1 fully saturated rings. The van der Waals surface area contributed by atoms with Gasteiger partial charge in [0.05, 0.1) is 17.0 Å². The number of anilines is 1. The molecule has 0 unspecified atom stereocenters. The highest BCUT2D eigenvalue weighted by Crippen LogP contribution is 2.41. The second-order valence-electron chi connectivity index (χ2n) is 8.35. The molecule has 2 atom stereocenters. The monoisotopic (exact) mass is 393 g/mol. The van der Waals surface area contributed by atoms with Crippen molar-refractivity contribution in [1.29, 1.82) is 0 Å². The summed E-state index contributed by atoms with van der Waals surface area (Å²) in [5.41, 5.74) is 1.43. The Morgan fingerprint density at radius 2 is 1.79 bits per heavy atom. The van der Waals surface area contributed by atoms with E-state index in [9.17, 15) is 9.59 Å². The van der Waals surface area contributed by atoms with Crippen molar-refractivity contribution in [3.63, 3.8) is 0 Å². The lowest BCUT2D eigenvalue weighted by Crippen LogP contribution is -2.49. The number of carbonyl (C=O) groups excluding carboxylic acids is 2. The first-order valence-corrected chi connectivity index (χ1v) is 10.0. The average molecular weight is 393 g/mol. The van der Waals surface area contributed by atoms with Crippen molar-refractivity contribution in [2.24, 2.45) is 5.41 Å². The zero-order valence-electron chi connectivity index (χ0n) is 17.4. The zero-order chi connectivity index (χ0) is 20.8. The zero-order valence-corrected chi connectivity index (χ0v) is 17.4. The fourth-order valence-electron chi connectivity index (χ4n) is 4.62. The molecule has 7 nitrogen and oxygen atoms in total. The standard InChI is InChI=1S/C22H27N5O2/c1-5-27-18-13-26(12-15-10-23-21(24-11-15)25(3)4)14-22(18,2)19(28)16-8-6-7-9-17(16)20(27)29/h6-11,18H,5,12-14H2,1-4H3/t18-,22+/m1/s1. The van der Waals surface area contributed by atoms with Crippen LogP contribution < -0.4 is 4.90 Å². The molecule has 7 heteroatoms. The highest BCUT2D eigenvalue weighted by Gasteiger charge is 2.54. The maximum absolute atomic E-state index is 13.5. The molecule has 2 aliphatic rings. The number of carbonyl (C=O) groups is 2. The lowest BCUT2D eigenvalue weighted by Gasteiger charge is -2.34. The fourth-order valence-corrected chi connectivity index (χ4v) is 4.62. The van der Waals surface area contributed by atoms with E-state index in [1.165, 1.54) is 0 Å². The van der Waals surface area contributed by atoms with Crippen molar-refractivity contribution in [3.8, 4) is 0 Å². The van der Waals surface area contributed by atoms with E-state index in [2.05, 4.69) is 14.9 Å². The number of Topliss-reactive ketones (excluding diaryl/α,β-unsaturated/α-hetero) is 1. The van der Waals surface area contributed by atoms with Crippen molar-refractivity contribution in [3.05, 3.63) is 53.3 Å². The lowest BCUT2D eigenvalue weighted by atomic mass is 9.78. The van der Waals surface area contributed by atoms with Crippen LogP contribution in [0.5, 0.6) is 0 Å². The van der Waals surface area contributed by atoms with Gasteiger partial charge in [-0.15, -0.1) is 0 Å². The Kier molecular flexibility index (Phi) is 4.86. The normalized spacial score (nSPS) is 24.3. The summed E-state index contributed by atoms with van der Waals surface area (Å²) >= 11 is 0. The third kappa shape index (κ3) is 3.19. The van der Waals surface area contributed by atoms with Gasteiger partial charge in [0.1, 0.15) is 0 Å². The van der Waals surface area contributed by atoms with Crippen LogP contribution in [0.15, 0.2) is 36.7 Å². The molecule has 1 aromatic heterocycles. The van der Waals surface area contributed by atoms with Gasteiger partial charge in [-0.3, -0.25) is 14.5 Å². The van der Waals surface area contributed by atoms with E-state index < -0.39 is 5.41 Å². The molecule has 0 aliphatic carbocycles. The number of benzene rings is 1. The minimum atomic E-state index is -0.636. The Bertz CT molecular complexity index is 942. The number of aromatic nitrogens is 2. The first-order chi connectivity index (χ1) is 13.8. The van der Waals surface area contributed by atoms with Crippen molar-refractivity contribution in [2.75, 3.05) is 38.6 Å². The number of nitrogens with zero attached hydrogens (tertiary/aromatic N) is 5. The molecule has 1 amide bonds. The number of fused-ring (bicyclic) bond motifs is 2. The van der Waals surface area contributed by atoms with Gasteiger partial charge in [-0.2, -0.15) is 0 Å². The Hall–Kier alpha value is -2.80. The summed E-state index contributed by atoms with van der Waals surface area (Å²) in [6.45, 7) is 6.47. The van der Waals surface area contributed by atoms with E-state index in [1.54, 1.807) is 12.1 Å². The Balaban J connectivity index is 1.64. The van der Waals surface area contributed by atoms with E-state index in [1.807, 2.05) is 62.3 Å². The van der Waals surface area contributed by atoms with Gasteiger partial charge in [0, 0.05) is 63.8 Å². The van der Waals surface area contributed by atoms with Crippen LogP contribution in [0.2, 0.25) is 0 Å². The molecule has 152 valence electrons. The number of likely N-dealkylation sites (N-methyl/N-ethyl adjacent to an activating group) is 1. The van der Waals surface area contributed by atoms with Crippen LogP contribution in [0.1, 0.15) is 40.1 Å². The highest BCUT2D eigenvalue weighted by atomic mass is 16.2. The average Bonchev–Trinajstić information content (AvgIpc) is 3.02. The molecular weight excluding hydrogens is 366 g/mol. The number of rotatable bonds is 4. The Morgan fingerprint density at radius 1 is 1.14 bits per heavy atom. The molecule has 3 heterocycles. The van der Waals surface area contributed by atoms with E-state index >= 15 is 0 Å². The predicted octanol–water partition coefficient (Wildman–Crippen LogP) is 2.09. The second kappa shape index (κ2) is 7.22. The lowest BCUT2D eigenvalue weighted by molar-refractivity contribution is 0.0560. The minimum absolute atomic E-state index is 0.0503. The SMILES string of the molecule is CCN1C(=O)c2ccccc2C(=O)[C@@]2(C)CN(Cc3cnc(N(C)C)nc3)C[C@@H]12. The molecule has 0 saturated carbocycles. The molecule has 1 aromatic carbocycles. The number of hydrogen-bond donors (Lipinski definition) is 0. The highest BCUT2D eigenvalue weighted by molar-refractivity contribution is 6.12. The summed E-state index contributed by atoms with van der Waals surface area (Å²) in [7, 11) is 3.81. The summed E-state index contributed by atoms with van der Waals surface area (Å²) in [4.78, 5) is 41.5. The van der Waals surface area contributed by atoms with E-state index in [4.69, 9.17) is 0 Å². The van der Waals surface area contributed by atoms with Crippen LogP contribution in [0.25, 0.3) is 0 Å². The third-order valence-electron chi connectivity index (χ3n) is 6.12. The van der Waals surface area contributed by atoms with Gasteiger partial charge in [-0.25, -0.2) is 9.97 Å². The Morgan fingerprint density at radius 3 is 2.41 bits per heavy atom. The molecule has 0 bridgehead atoms. The molecule has 4 rings (SSSR count). The van der Waals surface area contributed by atoms with Gasteiger partial charge in [0.2, 0.25) is 5.95 Å². The van der Waals surface area contributed by atoms with Crippen LogP contribution in [0, 0.1) is 5.41 Å². The van der Waals surface area contributed by atoms with Crippen molar-refractivity contribution >= 4 is 17.6 Å². The van der Waals surface area contributed by atoms with Gasteiger partial charge in [0.25, 0.3) is 5.91 Å². The second-order valence-corrected chi connectivity index (χ2v) is 8.35. The van der Waals surface area contributed by atoms with Crippen LogP contribution in [0.4, 0.5) is 5.95 Å². The third-order valence-corrected chi connectivity index (χ3v) is 6.12. The Labute approximate surface area is 171 Å². The summed E-state index contributed by atoms with van der Waals surface area (Å²) in [6.07, 6.45) is 3.66. The maximum atomic E-state index is 13.5. The van der Waals surface area contributed by atoms with E-state index in [0.717, 1.165) is 5.56 Å². The topological polar surface area (TPSA) is 69.6 Å². The summed E-state index contributed by atoms with van der Waals surface area (Å²) in [6, 6.07) is 7.06. The first-order valence-electron chi connectivity index (χ1n) is 10.0. The fraction of sp³-hybridized carbons (Fsp3) is 0.455. The molecule has 2 aromatic rings. The van der Waals surface area contributed by atoms with Gasteiger partial charge in [-0.05, 0) is 19.9 Å². The smallest absolute Gasteiger partial charge is 0.254 e. The minimum Gasteiger partial charge on any atom is -0.347 e. The molecule has 0 spiro atoms. The van der Waals surface area contributed by atoms with Crippen molar-refractivity contribution < 1.29 is 9.59 Å². The summed E-state index contributed by atoms with van der Waals surface area (Å²) in [5.74, 6) is 0.677. The number of ketones is 1. The molecule has 0 N–H and O–H groups in total. The van der Waals surface area contributed by atoms with Crippen molar-refractivity contribution in [2.45, 2.75) is 26.4 Å². The molecule has 29 heavy (non-hydrogen) atoms. The molecule has 0 radical (unpaired) electrons. The van der Waals surface area contributed by atoms with Gasteiger partial charge in [0.15, 0.2) is 5.78 Å².